The lowest BCUT2D eigenvalue weighted by Gasteiger charge is -2.24. The molecule has 1 aliphatic carbocycles. The molecule has 144 valence electrons. The number of amides is 1. The van der Waals surface area contributed by atoms with E-state index in [1.165, 1.54) is 12.1 Å². The molecule has 28 heavy (non-hydrogen) atoms. The summed E-state index contributed by atoms with van der Waals surface area (Å²) < 4.78 is 18.8. The molecule has 0 spiro atoms. The molecule has 0 atom stereocenters. The molecule has 1 aromatic carbocycles. The Balaban J connectivity index is 1.67. The summed E-state index contributed by atoms with van der Waals surface area (Å²) in [7, 11) is 0. The highest BCUT2D eigenvalue weighted by Crippen LogP contribution is 2.38. The molecule has 1 amide bonds. The Bertz CT molecular complexity index is 946. The maximum Gasteiger partial charge on any atom is 0.239 e. The van der Waals surface area contributed by atoms with Crippen LogP contribution in [0.15, 0.2) is 53.3 Å². The number of benzene rings is 1. The number of nitrogens with one attached hydrogen (secondary N) is 1. The molecule has 0 saturated heterocycles. The van der Waals surface area contributed by atoms with Gasteiger partial charge in [0.1, 0.15) is 11.5 Å². The monoisotopic (exact) mass is 379 g/mol. The normalized spacial score (nSPS) is 19.4. The SMILES string of the molecule is CC1CCC(C(=O)Nc2onc(-c3ccc(F)cc3)c2-c2ccncc2)CC1. The van der Waals surface area contributed by atoms with Crippen molar-refractivity contribution in [3.05, 3.63) is 54.6 Å². The van der Waals surface area contributed by atoms with E-state index in [9.17, 15) is 9.18 Å². The van der Waals surface area contributed by atoms with Gasteiger partial charge in [-0.1, -0.05) is 12.1 Å². The summed E-state index contributed by atoms with van der Waals surface area (Å²) in [5.41, 5.74) is 2.76. The van der Waals surface area contributed by atoms with Crippen molar-refractivity contribution in [2.24, 2.45) is 11.8 Å². The van der Waals surface area contributed by atoms with E-state index in [1.54, 1.807) is 24.5 Å². The van der Waals surface area contributed by atoms with Gasteiger partial charge in [0, 0.05) is 23.9 Å². The highest BCUT2D eigenvalue weighted by Gasteiger charge is 2.27. The second kappa shape index (κ2) is 7.92. The van der Waals surface area contributed by atoms with Crippen LogP contribution in [0.25, 0.3) is 22.4 Å². The molecular formula is C22H22FN3O2. The molecule has 0 aliphatic heterocycles. The molecule has 5 nitrogen and oxygen atoms in total. The summed E-state index contributed by atoms with van der Waals surface area (Å²) in [6, 6.07) is 9.70. The van der Waals surface area contributed by atoms with Gasteiger partial charge in [-0.15, -0.1) is 0 Å². The molecule has 0 bridgehead atoms. The van der Waals surface area contributed by atoms with E-state index < -0.39 is 0 Å². The van der Waals surface area contributed by atoms with Gasteiger partial charge in [-0.3, -0.25) is 15.1 Å². The van der Waals surface area contributed by atoms with Crippen LogP contribution < -0.4 is 5.32 Å². The highest BCUT2D eigenvalue weighted by molar-refractivity contribution is 5.98. The predicted molar refractivity (Wildman–Crippen MR) is 105 cm³/mol. The molecule has 1 N–H and O–H groups in total. The molecule has 1 fully saturated rings. The molecule has 6 heteroatoms. The third-order valence-electron chi connectivity index (χ3n) is 5.40. The number of aromatic nitrogens is 2. The zero-order valence-corrected chi connectivity index (χ0v) is 15.7. The van der Waals surface area contributed by atoms with E-state index in [4.69, 9.17) is 4.52 Å². The van der Waals surface area contributed by atoms with Gasteiger partial charge < -0.3 is 4.52 Å². The van der Waals surface area contributed by atoms with Gasteiger partial charge in [-0.25, -0.2) is 4.39 Å². The number of rotatable bonds is 4. The maximum absolute atomic E-state index is 13.3. The summed E-state index contributed by atoms with van der Waals surface area (Å²) in [6.45, 7) is 2.22. The van der Waals surface area contributed by atoms with Crippen molar-refractivity contribution in [3.8, 4) is 22.4 Å². The molecule has 3 aromatic rings. The molecule has 1 aliphatic rings. The Kier molecular flexibility index (Phi) is 5.19. The van der Waals surface area contributed by atoms with Gasteiger partial charge in [-0.2, -0.15) is 0 Å². The number of hydrogen-bond donors (Lipinski definition) is 1. The van der Waals surface area contributed by atoms with Crippen LogP contribution in [0.4, 0.5) is 10.3 Å². The first-order chi connectivity index (χ1) is 13.6. The van der Waals surface area contributed by atoms with Crippen molar-refractivity contribution in [2.75, 3.05) is 5.32 Å². The number of halogens is 1. The number of anilines is 1. The Morgan fingerprint density at radius 3 is 2.39 bits per heavy atom. The van der Waals surface area contributed by atoms with Gasteiger partial charge in [0.25, 0.3) is 0 Å². The van der Waals surface area contributed by atoms with Crippen LogP contribution in [0.3, 0.4) is 0 Å². The Hall–Kier alpha value is -3.02. The lowest BCUT2D eigenvalue weighted by atomic mass is 9.82. The number of hydrogen-bond acceptors (Lipinski definition) is 4. The van der Waals surface area contributed by atoms with Gasteiger partial charge in [-0.05, 0) is 73.6 Å². The van der Waals surface area contributed by atoms with Crippen LogP contribution in [0.2, 0.25) is 0 Å². The topological polar surface area (TPSA) is 68.0 Å². The van der Waals surface area contributed by atoms with E-state index in [-0.39, 0.29) is 17.6 Å². The first-order valence-electron chi connectivity index (χ1n) is 9.58. The van der Waals surface area contributed by atoms with E-state index in [0.717, 1.165) is 31.2 Å². The third-order valence-corrected chi connectivity index (χ3v) is 5.40. The number of nitrogens with zero attached hydrogens (tertiary/aromatic N) is 2. The van der Waals surface area contributed by atoms with Gasteiger partial charge in [0.2, 0.25) is 11.8 Å². The van der Waals surface area contributed by atoms with Gasteiger partial charge >= 0.3 is 0 Å². The number of carbonyl (C=O) groups excluding carboxylic acids is 1. The van der Waals surface area contributed by atoms with Crippen molar-refractivity contribution in [1.29, 1.82) is 0 Å². The second-order valence-corrected chi connectivity index (χ2v) is 7.42. The maximum atomic E-state index is 13.3. The van der Waals surface area contributed by atoms with Crippen molar-refractivity contribution in [1.82, 2.24) is 10.1 Å². The largest absolute Gasteiger partial charge is 0.337 e. The summed E-state index contributed by atoms with van der Waals surface area (Å²) in [6.07, 6.45) is 7.24. The van der Waals surface area contributed by atoms with E-state index in [0.29, 0.717) is 28.6 Å². The summed E-state index contributed by atoms with van der Waals surface area (Å²) >= 11 is 0. The summed E-state index contributed by atoms with van der Waals surface area (Å²) in [5, 5.41) is 7.10. The van der Waals surface area contributed by atoms with Crippen molar-refractivity contribution < 1.29 is 13.7 Å². The van der Waals surface area contributed by atoms with Crippen molar-refractivity contribution in [3.63, 3.8) is 0 Å². The zero-order valence-electron chi connectivity index (χ0n) is 15.7. The smallest absolute Gasteiger partial charge is 0.239 e. The van der Waals surface area contributed by atoms with Crippen molar-refractivity contribution in [2.45, 2.75) is 32.6 Å². The molecule has 1 saturated carbocycles. The zero-order chi connectivity index (χ0) is 19.5. The summed E-state index contributed by atoms with van der Waals surface area (Å²) in [4.78, 5) is 16.8. The second-order valence-electron chi connectivity index (χ2n) is 7.42. The van der Waals surface area contributed by atoms with E-state index in [1.807, 2.05) is 12.1 Å². The predicted octanol–water partition coefficient (Wildman–Crippen LogP) is 5.31. The average molecular weight is 379 g/mol. The van der Waals surface area contributed by atoms with Crippen LogP contribution in [0.1, 0.15) is 32.6 Å². The minimum absolute atomic E-state index is 0.0131. The third kappa shape index (κ3) is 3.81. The quantitative estimate of drug-likeness (QED) is 0.667. The lowest BCUT2D eigenvalue weighted by molar-refractivity contribution is -0.121. The first-order valence-corrected chi connectivity index (χ1v) is 9.58. The van der Waals surface area contributed by atoms with Crippen LogP contribution in [0.5, 0.6) is 0 Å². The highest BCUT2D eigenvalue weighted by atomic mass is 19.1. The lowest BCUT2D eigenvalue weighted by Crippen LogP contribution is -2.26. The van der Waals surface area contributed by atoms with Crippen LogP contribution in [-0.2, 0) is 4.79 Å². The van der Waals surface area contributed by atoms with E-state index >= 15 is 0 Å². The molecule has 4 rings (SSSR count). The van der Waals surface area contributed by atoms with Gasteiger partial charge in [0.05, 0.1) is 5.56 Å². The van der Waals surface area contributed by atoms with Crippen LogP contribution in [-0.4, -0.2) is 16.0 Å². The fourth-order valence-electron chi connectivity index (χ4n) is 3.70. The van der Waals surface area contributed by atoms with Gasteiger partial charge in [0.15, 0.2) is 0 Å². The van der Waals surface area contributed by atoms with Crippen molar-refractivity contribution >= 4 is 11.8 Å². The Morgan fingerprint density at radius 2 is 1.71 bits per heavy atom. The Morgan fingerprint density at radius 1 is 1.04 bits per heavy atom. The number of pyridine rings is 1. The van der Waals surface area contributed by atoms with E-state index in [2.05, 4.69) is 22.4 Å². The minimum Gasteiger partial charge on any atom is -0.337 e. The van der Waals surface area contributed by atoms with Crippen LogP contribution >= 0.6 is 0 Å². The summed E-state index contributed by atoms with van der Waals surface area (Å²) in [5.74, 6) is 0.614. The molecular weight excluding hydrogens is 357 g/mol. The van der Waals surface area contributed by atoms with Crippen LogP contribution in [0, 0.1) is 17.7 Å². The standard InChI is InChI=1S/C22H22FN3O2/c1-14-2-4-17(5-3-14)21(27)25-22-19(15-10-12-24-13-11-15)20(26-28-22)16-6-8-18(23)9-7-16/h6-14,17H,2-5H2,1H3,(H,25,27). The molecule has 0 radical (unpaired) electrons. The Labute approximate surface area is 163 Å². The molecule has 2 heterocycles. The number of carbonyl (C=O) groups is 1. The average Bonchev–Trinajstić information content (AvgIpc) is 3.13. The fourth-order valence-corrected chi connectivity index (χ4v) is 3.70. The minimum atomic E-state index is -0.322. The fraction of sp³-hybridized carbons (Fsp3) is 0.318. The molecule has 0 unspecified atom stereocenters. The first kappa shape index (κ1) is 18.3. The molecule has 2 aromatic heterocycles.